The van der Waals surface area contributed by atoms with Crippen LogP contribution >= 0.6 is 22.6 Å². The summed E-state index contributed by atoms with van der Waals surface area (Å²) in [7, 11) is 0. The van der Waals surface area contributed by atoms with Crippen LogP contribution < -0.4 is 5.48 Å². The Balaban J connectivity index is 2.97. The van der Waals surface area contributed by atoms with Crippen molar-refractivity contribution < 1.29 is 14.7 Å². The van der Waals surface area contributed by atoms with E-state index in [0.717, 1.165) is 0 Å². The maximum absolute atomic E-state index is 10.4. The van der Waals surface area contributed by atoms with Gasteiger partial charge in [0.05, 0.1) is 17.6 Å². The molecule has 54 valence electrons. The number of hydroxylamine groups is 1. The second-order valence-corrected chi connectivity index (χ2v) is 1.99. The van der Waals surface area contributed by atoms with Crippen molar-refractivity contribution in [2.45, 2.75) is 0 Å². The van der Waals surface area contributed by atoms with Crippen LogP contribution in [0.5, 0.6) is 0 Å². The number of halogens is 1. The van der Waals surface area contributed by atoms with Gasteiger partial charge in [-0.05, 0) is 0 Å². The highest BCUT2D eigenvalue weighted by Crippen LogP contribution is 1.78. The predicted molar refractivity (Wildman–Crippen MR) is 40.1 cm³/mol. The summed E-state index contributed by atoms with van der Waals surface area (Å²) in [6.07, 6.45) is 0. The first-order valence-electron chi connectivity index (χ1n) is 2.38. The van der Waals surface area contributed by atoms with Crippen LogP contribution in [0.2, 0.25) is 0 Å². The van der Waals surface area contributed by atoms with E-state index < -0.39 is 0 Å². The molecular formula is C4H8INO3. The summed E-state index contributed by atoms with van der Waals surface area (Å²) in [4.78, 5) is 14.8. The molecule has 4 nitrogen and oxygen atoms in total. The van der Waals surface area contributed by atoms with Gasteiger partial charge < -0.3 is 5.11 Å². The Morgan fingerprint density at radius 1 is 1.78 bits per heavy atom. The maximum atomic E-state index is 10.4. The monoisotopic (exact) mass is 245 g/mol. The van der Waals surface area contributed by atoms with Gasteiger partial charge in [-0.15, -0.1) is 0 Å². The summed E-state index contributed by atoms with van der Waals surface area (Å²) in [6, 6.07) is 0. The highest BCUT2D eigenvalue weighted by molar-refractivity contribution is 14.1. The molecule has 0 saturated heterocycles. The Bertz CT molecular complexity index is 87.9. The van der Waals surface area contributed by atoms with Crippen molar-refractivity contribution in [2.75, 3.05) is 17.6 Å². The molecule has 1 amide bonds. The third-order valence-electron chi connectivity index (χ3n) is 0.501. The quantitative estimate of drug-likeness (QED) is 0.303. The van der Waals surface area contributed by atoms with E-state index >= 15 is 0 Å². The lowest BCUT2D eigenvalue weighted by Gasteiger charge is -1.99. The van der Waals surface area contributed by atoms with Gasteiger partial charge in [-0.1, -0.05) is 22.6 Å². The molecule has 0 aromatic rings. The SMILES string of the molecule is O=C(CI)NOCCO. The first kappa shape index (κ1) is 9.12. The second-order valence-electron chi connectivity index (χ2n) is 1.23. The molecule has 0 atom stereocenters. The molecule has 5 heteroatoms. The first-order valence-corrected chi connectivity index (χ1v) is 3.91. The van der Waals surface area contributed by atoms with Gasteiger partial charge in [-0.25, -0.2) is 5.48 Å². The number of alkyl halides is 1. The summed E-state index contributed by atoms with van der Waals surface area (Å²) >= 11 is 1.91. The van der Waals surface area contributed by atoms with Crippen molar-refractivity contribution in [2.24, 2.45) is 0 Å². The van der Waals surface area contributed by atoms with Crippen molar-refractivity contribution in [3.8, 4) is 0 Å². The Hall–Kier alpha value is 0.120. The second kappa shape index (κ2) is 6.24. The van der Waals surface area contributed by atoms with E-state index in [1.165, 1.54) is 0 Å². The largest absolute Gasteiger partial charge is 0.394 e. The fraction of sp³-hybridized carbons (Fsp3) is 0.750. The van der Waals surface area contributed by atoms with Crippen LogP contribution in [0.1, 0.15) is 0 Å². The lowest BCUT2D eigenvalue weighted by molar-refractivity contribution is -0.131. The average Bonchev–Trinajstić information content (AvgIpc) is 1.89. The fourth-order valence-electron chi connectivity index (χ4n) is 0.204. The van der Waals surface area contributed by atoms with Crippen LogP contribution in [0.15, 0.2) is 0 Å². The van der Waals surface area contributed by atoms with E-state index in [9.17, 15) is 4.79 Å². The maximum Gasteiger partial charge on any atom is 0.253 e. The lowest BCUT2D eigenvalue weighted by atomic mass is 10.8. The molecule has 0 saturated carbocycles. The van der Waals surface area contributed by atoms with Crippen molar-refractivity contribution in [3.63, 3.8) is 0 Å². The molecule has 0 spiro atoms. The van der Waals surface area contributed by atoms with Crippen LogP contribution in [0.4, 0.5) is 0 Å². The molecular weight excluding hydrogens is 237 g/mol. The molecule has 0 aliphatic heterocycles. The predicted octanol–water partition coefficient (Wildman–Crippen LogP) is -0.538. The lowest BCUT2D eigenvalue weighted by Crippen LogP contribution is -2.25. The molecule has 0 rings (SSSR count). The van der Waals surface area contributed by atoms with Gasteiger partial charge in [-0.2, -0.15) is 0 Å². The van der Waals surface area contributed by atoms with Crippen LogP contribution in [0.3, 0.4) is 0 Å². The summed E-state index contributed by atoms with van der Waals surface area (Å²) in [6.45, 7) is 0.0594. The van der Waals surface area contributed by atoms with E-state index in [2.05, 4.69) is 10.3 Å². The van der Waals surface area contributed by atoms with Gasteiger partial charge in [-0.3, -0.25) is 9.63 Å². The molecule has 9 heavy (non-hydrogen) atoms. The minimum Gasteiger partial charge on any atom is -0.394 e. The van der Waals surface area contributed by atoms with Gasteiger partial charge in [0.15, 0.2) is 0 Å². The number of aliphatic hydroxyl groups excluding tert-OH is 1. The van der Waals surface area contributed by atoms with Crippen LogP contribution in [0, 0.1) is 0 Å². The standard InChI is InChI=1S/C4H8INO3/c5-3-4(8)6-9-2-1-7/h7H,1-3H2,(H,6,8). The van der Waals surface area contributed by atoms with Gasteiger partial charge in [0.1, 0.15) is 0 Å². The molecule has 0 aromatic heterocycles. The summed E-state index contributed by atoms with van der Waals surface area (Å²) in [5.41, 5.74) is 2.13. The topological polar surface area (TPSA) is 58.6 Å². The van der Waals surface area contributed by atoms with Gasteiger partial charge in [0.2, 0.25) is 0 Å². The molecule has 0 radical (unpaired) electrons. The third kappa shape index (κ3) is 6.00. The van der Waals surface area contributed by atoms with E-state index in [4.69, 9.17) is 5.11 Å². The molecule has 0 fully saturated rings. The number of rotatable bonds is 4. The van der Waals surface area contributed by atoms with Gasteiger partial charge in [0.25, 0.3) is 5.91 Å². The third-order valence-corrected chi connectivity index (χ3v) is 1.19. The molecule has 0 unspecified atom stereocenters. The Labute approximate surface area is 66.7 Å². The smallest absolute Gasteiger partial charge is 0.253 e. The van der Waals surface area contributed by atoms with E-state index in [1.54, 1.807) is 0 Å². The van der Waals surface area contributed by atoms with Gasteiger partial charge in [0, 0.05) is 0 Å². The van der Waals surface area contributed by atoms with Crippen molar-refractivity contribution in [1.29, 1.82) is 0 Å². The number of hydrogen-bond donors (Lipinski definition) is 2. The van der Waals surface area contributed by atoms with Crippen molar-refractivity contribution in [1.82, 2.24) is 5.48 Å². The first-order chi connectivity index (χ1) is 4.31. The van der Waals surface area contributed by atoms with Crippen molar-refractivity contribution in [3.05, 3.63) is 0 Å². The van der Waals surface area contributed by atoms with Crippen LogP contribution in [-0.4, -0.2) is 28.7 Å². The molecule has 0 heterocycles. The van der Waals surface area contributed by atoms with Crippen LogP contribution in [0.25, 0.3) is 0 Å². The Morgan fingerprint density at radius 2 is 2.44 bits per heavy atom. The van der Waals surface area contributed by atoms with Gasteiger partial charge >= 0.3 is 0 Å². The highest BCUT2D eigenvalue weighted by Gasteiger charge is 1.93. The number of hydrogen-bond acceptors (Lipinski definition) is 3. The number of amides is 1. The van der Waals surface area contributed by atoms with Crippen molar-refractivity contribution >= 4 is 28.5 Å². The molecule has 0 aliphatic carbocycles. The van der Waals surface area contributed by atoms with E-state index in [0.29, 0.717) is 4.43 Å². The number of carbonyl (C=O) groups is 1. The fourth-order valence-corrected chi connectivity index (χ4v) is 0.360. The van der Waals surface area contributed by atoms with E-state index in [1.807, 2.05) is 22.6 Å². The minimum absolute atomic E-state index is 0.0818. The van der Waals surface area contributed by atoms with E-state index in [-0.39, 0.29) is 19.1 Å². The minimum atomic E-state index is -0.191. The highest BCUT2D eigenvalue weighted by atomic mass is 127. The molecule has 0 bridgehead atoms. The summed E-state index contributed by atoms with van der Waals surface area (Å²) < 4.78 is 0.364. The normalized spacial score (nSPS) is 9.11. The summed E-state index contributed by atoms with van der Waals surface area (Å²) in [5, 5.41) is 8.17. The average molecular weight is 245 g/mol. The zero-order chi connectivity index (χ0) is 7.11. The molecule has 2 N–H and O–H groups in total. The number of aliphatic hydroxyl groups is 1. The Kier molecular flexibility index (Phi) is 6.33. The van der Waals surface area contributed by atoms with Crippen LogP contribution in [-0.2, 0) is 9.63 Å². The zero-order valence-electron chi connectivity index (χ0n) is 4.76. The zero-order valence-corrected chi connectivity index (χ0v) is 6.92. The summed E-state index contributed by atoms with van der Waals surface area (Å²) in [5.74, 6) is -0.191. The molecule has 0 aliphatic rings. The number of nitrogens with one attached hydrogen (secondary N) is 1. The Morgan fingerprint density at radius 3 is 2.89 bits per heavy atom. The molecule has 0 aromatic carbocycles. The number of carbonyl (C=O) groups excluding carboxylic acids is 1.